The average molecular weight is 467 g/mol. The molecular formula is C25H26N2O3S2. The summed E-state index contributed by atoms with van der Waals surface area (Å²) in [6.07, 6.45) is 9.89. The Hall–Kier alpha value is -2.35. The molecule has 0 bridgehead atoms. The second-order valence-corrected chi connectivity index (χ2v) is 9.58. The Morgan fingerprint density at radius 1 is 1.22 bits per heavy atom. The van der Waals surface area contributed by atoms with Crippen molar-refractivity contribution in [2.45, 2.75) is 44.6 Å². The fraction of sp³-hybridized carbons (Fsp3) is 0.360. The van der Waals surface area contributed by atoms with E-state index in [0.717, 1.165) is 38.4 Å². The van der Waals surface area contributed by atoms with Crippen molar-refractivity contribution in [2.24, 2.45) is 5.92 Å². The van der Waals surface area contributed by atoms with Crippen LogP contribution >= 0.6 is 24.0 Å². The van der Waals surface area contributed by atoms with Crippen molar-refractivity contribution in [1.29, 1.82) is 0 Å². The first kappa shape index (κ1) is 22.8. The molecule has 1 amide bonds. The highest BCUT2D eigenvalue weighted by Gasteiger charge is 2.40. The van der Waals surface area contributed by atoms with Crippen molar-refractivity contribution < 1.29 is 14.4 Å². The number of thioether (sulfide) groups is 1. The molecule has 2 atom stereocenters. The molecule has 1 aliphatic carbocycles. The van der Waals surface area contributed by atoms with Crippen molar-refractivity contribution in [2.75, 3.05) is 6.54 Å². The Bertz CT molecular complexity index is 1030. The van der Waals surface area contributed by atoms with Gasteiger partial charge in [0.25, 0.3) is 0 Å². The first-order valence-corrected chi connectivity index (χ1v) is 12.3. The van der Waals surface area contributed by atoms with Gasteiger partial charge in [0, 0.05) is 29.4 Å². The van der Waals surface area contributed by atoms with Gasteiger partial charge in [-0.3, -0.25) is 14.5 Å². The molecule has 1 aromatic carbocycles. The number of thiocarbonyl (C=S) groups is 1. The van der Waals surface area contributed by atoms with E-state index >= 15 is 0 Å². The summed E-state index contributed by atoms with van der Waals surface area (Å²) in [4.78, 5) is 39.3. The fourth-order valence-corrected chi connectivity index (χ4v) is 5.38. The van der Waals surface area contributed by atoms with Crippen molar-refractivity contribution in [3.63, 3.8) is 0 Å². The van der Waals surface area contributed by atoms with Crippen molar-refractivity contribution in [1.82, 2.24) is 10.2 Å². The lowest BCUT2D eigenvalue weighted by atomic mass is 9.94. The summed E-state index contributed by atoms with van der Waals surface area (Å²) in [5, 5.41) is 6.41. The molecule has 4 rings (SSSR count). The number of hydrogen-bond donors (Lipinski definition) is 1. The van der Waals surface area contributed by atoms with Crippen LogP contribution < -0.4 is 5.32 Å². The predicted octanol–water partition coefficient (Wildman–Crippen LogP) is 4.19. The number of hydrogen-bond acceptors (Lipinski definition) is 6. The maximum atomic E-state index is 13.1. The fourth-order valence-electron chi connectivity index (χ4n) is 4.41. The molecule has 3 aliphatic rings. The topological polar surface area (TPSA) is 66.5 Å². The van der Waals surface area contributed by atoms with Crippen LogP contribution in [0, 0.1) is 5.92 Å². The van der Waals surface area contributed by atoms with Crippen LogP contribution in [0.1, 0.15) is 43.2 Å². The molecule has 1 unspecified atom stereocenters. The lowest BCUT2D eigenvalue weighted by Crippen LogP contribution is -2.39. The van der Waals surface area contributed by atoms with E-state index in [-0.39, 0.29) is 11.7 Å². The molecule has 0 aromatic heterocycles. The number of allylic oxidation sites excluding steroid dienone is 2. The predicted molar refractivity (Wildman–Crippen MR) is 132 cm³/mol. The minimum atomic E-state index is -0.694. The van der Waals surface area contributed by atoms with Gasteiger partial charge in [-0.2, -0.15) is 0 Å². The highest BCUT2D eigenvalue weighted by atomic mass is 32.2. The quantitative estimate of drug-likeness (QED) is 0.334. The first-order valence-electron chi connectivity index (χ1n) is 11.0. The van der Waals surface area contributed by atoms with Crippen LogP contribution in [0.2, 0.25) is 0 Å². The lowest BCUT2D eigenvalue weighted by molar-refractivity contribution is -0.130. The molecule has 1 aromatic rings. The summed E-state index contributed by atoms with van der Waals surface area (Å²) in [6, 6.07) is 7.86. The number of ketones is 1. The number of rotatable bonds is 9. The highest BCUT2D eigenvalue weighted by Crippen LogP contribution is 2.29. The van der Waals surface area contributed by atoms with Crippen molar-refractivity contribution in [3.05, 3.63) is 63.7 Å². The van der Waals surface area contributed by atoms with E-state index < -0.39 is 12.0 Å². The number of fused-ring (bicyclic) bond motifs is 1. The van der Waals surface area contributed by atoms with E-state index in [1.165, 1.54) is 33.4 Å². The monoisotopic (exact) mass is 466 g/mol. The molecule has 2 aliphatic heterocycles. The third-order valence-electron chi connectivity index (χ3n) is 6.12. The second kappa shape index (κ2) is 10.5. The second-order valence-electron chi connectivity index (χ2n) is 8.28. The molecule has 5 nitrogen and oxygen atoms in total. The number of carbonyl (C=O) groups excluding carboxylic acids is 3. The van der Waals surface area contributed by atoms with Gasteiger partial charge in [0.15, 0.2) is 5.78 Å². The molecule has 0 spiro atoms. The average Bonchev–Trinajstić information content (AvgIpc) is 3.40. The number of aldehydes is 1. The first-order chi connectivity index (χ1) is 15.6. The minimum absolute atomic E-state index is 0.104. The number of benzene rings is 1. The largest absolute Gasteiger partial charge is 0.302 e. The van der Waals surface area contributed by atoms with Crippen molar-refractivity contribution >= 4 is 52.9 Å². The van der Waals surface area contributed by atoms with E-state index in [9.17, 15) is 14.4 Å². The molecule has 7 heteroatoms. The summed E-state index contributed by atoms with van der Waals surface area (Å²) in [6.45, 7) is 0.362. The summed E-state index contributed by atoms with van der Waals surface area (Å²) >= 11 is 6.65. The molecule has 1 N–H and O–H groups in total. The van der Waals surface area contributed by atoms with Gasteiger partial charge in [0.05, 0.1) is 17.7 Å². The Morgan fingerprint density at radius 2 is 2.06 bits per heavy atom. The summed E-state index contributed by atoms with van der Waals surface area (Å²) < 4.78 is 0. The van der Waals surface area contributed by atoms with Crippen LogP contribution in [0.15, 0.2) is 52.6 Å². The van der Waals surface area contributed by atoms with Crippen LogP contribution in [-0.2, 0) is 20.8 Å². The third-order valence-corrected chi connectivity index (χ3v) is 7.15. The standard InChI is InChI=1S/C25H26N2O3S2/c28-15-20-24(22(31)14-26-20)25(30)21-16-32-11-10-27(21)23(29)9-3-1-2-6-17-12-18-7-4-5-8-19(18)13-17/h4-5,7-8,10-12,15-16,20,24,26H,1-3,6,9,13-14H2/t20-,24?/m1/s1. The van der Waals surface area contributed by atoms with Gasteiger partial charge >= 0.3 is 0 Å². The normalized spacial score (nSPS) is 21.9. The zero-order chi connectivity index (χ0) is 22.5. The molecule has 0 radical (unpaired) electrons. The molecule has 166 valence electrons. The van der Waals surface area contributed by atoms with Gasteiger partial charge in [-0.1, -0.05) is 54.6 Å². The van der Waals surface area contributed by atoms with Crippen LogP contribution in [0.25, 0.3) is 6.08 Å². The number of nitrogens with zero attached hydrogens (tertiary/aromatic N) is 1. The summed E-state index contributed by atoms with van der Waals surface area (Å²) in [7, 11) is 0. The molecular weight excluding hydrogens is 440 g/mol. The maximum Gasteiger partial charge on any atom is 0.231 e. The van der Waals surface area contributed by atoms with E-state index in [2.05, 4.69) is 35.7 Å². The SMILES string of the molecule is O=C[C@H]1NCC(=S)C1C(=O)C1=CSC=CN1C(=O)CCCCCC1=Cc2ccccc2C1. The van der Waals surface area contributed by atoms with Gasteiger partial charge < -0.3 is 10.1 Å². The van der Waals surface area contributed by atoms with Gasteiger partial charge in [-0.25, -0.2) is 0 Å². The molecule has 2 heterocycles. The van der Waals surface area contributed by atoms with E-state index in [1.54, 1.807) is 17.0 Å². The lowest BCUT2D eigenvalue weighted by Gasteiger charge is -2.25. The number of unbranched alkanes of at least 4 members (excludes halogenated alkanes) is 2. The van der Waals surface area contributed by atoms with Crippen LogP contribution in [-0.4, -0.2) is 40.3 Å². The van der Waals surface area contributed by atoms with Gasteiger partial charge in [0.2, 0.25) is 5.91 Å². The van der Waals surface area contributed by atoms with Crippen LogP contribution in [0.5, 0.6) is 0 Å². The summed E-state index contributed by atoms with van der Waals surface area (Å²) in [5.74, 6) is -1.07. The molecule has 0 saturated carbocycles. The Balaban J connectivity index is 1.26. The Morgan fingerprint density at radius 3 is 2.88 bits per heavy atom. The van der Waals surface area contributed by atoms with Gasteiger partial charge in [0.1, 0.15) is 6.29 Å². The Kier molecular flexibility index (Phi) is 7.50. The van der Waals surface area contributed by atoms with Crippen LogP contribution in [0.3, 0.4) is 0 Å². The van der Waals surface area contributed by atoms with E-state index in [0.29, 0.717) is 23.5 Å². The Labute approximate surface area is 198 Å². The molecule has 1 saturated heterocycles. The number of carbonyl (C=O) groups is 3. The molecule has 1 fully saturated rings. The smallest absolute Gasteiger partial charge is 0.231 e. The molecule has 32 heavy (non-hydrogen) atoms. The zero-order valence-corrected chi connectivity index (χ0v) is 19.4. The minimum Gasteiger partial charge on any atom is -0.302 e. The summed E-state index contributed by atoms with van der Waals surface area (Å²) in [5.41, 5.74) is 4.48. The third kappa shape index (κ3) is 5.00. The van der Waals surface area contributed by atoms with Gasteiger partial charge in [-0.05, 0) is 42.2 Å². The van der Waals surface area contributed by atoms with E-state index in [4.69, 9.17) is 12.2 Å². The maximum absolute atomic E-state index is 13.1. The van der Waals surface area contributed by atoms with Gasteiger partial charge in [-0.15, -0.1) is 11.8 Å². The zero-order valence-electron chi connectivity index (χ0n) is 17.8. The number of Topliss-reactive ketones (excluding diaryl/α,β-unsaturated/α-hetero) is 1. The van der Waals surface area contributed by atoms with E-state index in [1.807, 2.05) is 0 Å². The van der Waals surface area contributed by atoms with Crippen molar-refractivity contribution in [3.8, 4) is 0 Å². The number of nitrogens with one attached hydrogen (secondary N) is 1. The number of amides is 1. The highest BCUT2D eigenvalue weighted by molar-refractivity contribution is 8.05. The van der Waals surface area contributed by atoms with Crippen LogP contribution in [0.4, 0.5) is 0 Å².